The van der Waals surface area contributed by atoms with Crippen LogP contribution in [0.2, 0.25) is 0 Å². The van der Waals surface area contributed by atoms with Crippen LogP contribution in [0.1, 0.15) is 40.5 Å². The monoisotopic (exact) mass is 219 g/mol. The fraction of sp³-hybridized carbons (Fsp3) is 0.467. The van der Waals surface area contributed by atoms with Crippen LogP contribution in [0.3, 0.4) is 0 Å². The van der Waals surface area contributed by atoms with Crippen LogP contribution in [-0.4, -0.2) is 0 Å². The highest BCUT2D eigenvalue weighted by atomic mass is 14.8. The molecule has 16 heavy (non-hydrogen) atoms. The molecule has 1 heteroatoms. The molecule has 1 aliphatic rings. The molecule has 1 unspecified atom stereocenters. The molecule has 0 saturated heterocycles. The van der Waals surface area contributed by atoms with Gasteiger partial charge in [0.25, 0.3) is 0 Å². The summed E-state index contributed by atoms with van der Waals surface area (Å²) in [4.78, 5) is 0. The van der Waals surface area contributed by atoms with E-state index in [1.54, 1.807) is 0 Å². The van der Waals surface area contributed by atoms with Crippen LogP contribution in [0.5, 0.6) is 0 Å². The lowest BCUT2D eigenvalue weighted by Gasteiger charge is -2.12. The Labute approximate surface area is 101 Å². The molecular weight excluding hydrogens is 194 g/mol. The van der Waals surface area contributed by atoms with Gasteiger partial charge in [0.2, 0.25) is 0 Å². The molecule has 0 aliphatic carbocycles. The summed E-state index contributed by atoms with van der Waals surface area (Å²) >= 11 is 0. The van der Waals surface area contributed by atoms with Gasteiger partial charge in [0.05, 0.1) is 0 Å². The van der Waals surface area contributed by atoms with Crippen LogP contribution in [0.15, 0.2) is 48.4 Å². The molecule has 0 aromatic heterocycles. The van der Waals surface area contributed by atoms with Gasteiger partial charge in [0.1, 0.15) is 0 Å². The van der Waals surface area contributed by atoms with E-state index < -0.39 is 0 Å². The van der Waals surface area contributed by atoms with Gasteiger partial charge in [-0.1, -0.05) is 52.5 Å². The van der Waals surface area contributed by atoms with E-state index in [0.717, 1.165) is 18.5 Å². The zero-order valence-corrected chi connectivity index (χ0v) is 11.1. The van der Waals surface area contributed by atoms with Crippen molar-refractivity contribution < 1.29 is 0 Å². The van der Waals surface area contributed by atoms with E-state index in [0.29, 0.717) is 5.92 Å². The predicted molar refractivity (Wildman–Crippen MR) is 74.1 cm³/mol. The van der Waals surface area contributed by atoms with E-state index in [2.05, 4.69) is 50.2 Å². The molecule has 1 atom stereocenters. The van der Waals surface area contributed by atoms with Crippen molar-refractivity contribution in [3.05, 3.63) is 48.4 Å². The van der Waals surface area contributed by atoms with Crippen molar-refractivity contribution in [3.63, 3.8) is 0 Å². The third kappa shape index (κ3) is 5.59. The Morgan fingerprint density at radius 3 is 2.69 bits per heavy atom. The molecule has 1 aliphatic heterocycles. The maximum absolute atomic E-state index is 3.92. The zero-order chi connectivity index (χ0) is 12.4. The predicted octanol–water partition coefficient (Wildman–Crippen LogP) is 4.56. The molecule has 1 nitrogen and oxygen atoms in total. The summed E-state index contributed by atoms with van der Waals surface area (Å²) in [6, 6.07) is 0. The first-order valence-electron chi connectivity index (χ1n) is 6.21. The van der Waals surface area contributed by atoms with Gasteiger partial charge in [-0.05, 0) is 30.4 Å². The molecule has 90 valence electrons. The molecule has 0 amide bonds. The van der Waals surface area contributed by atoms with Crippen molar-refractivity contribution >= 4 is 0 Å². The fourth-order valence-corrected chi connectivity index (χ4v) is 1.48. The lowest BCUT2D eigenvalue weighted by molar-refractivity contribution is 0.790. The first-order valence-corrected chi connectivity index (χ1v) is 6.21. The molecule has 0 saturated carbocycles. The van der Waals surface area contributed by atoms with Crippen molar-refractivity contribution in [2.24, 2.45) is 5.92 Å². The van der Waals surface area contributed by atoms with Crippen LogP contribution >= 0.6 is 0 Å². The molecule has 0 bridgehead atoms. The largest absolute Gasteiger partial charge is 0.362 e. The van der Waals surface area contributed by atoms with Gasteiger partial charge < -0.3 is 5.32 Å². The summed E-state index contributed by atoms with van der Waals surface area (Å²) < 4.78 is 0. The van der Waals surface area contributed by atoms with E-state index in [1.807, 2.05) is 19.9 Å². The second-order valence-corrected chi connectivity index (χ2v) is 3.60. The summed E-state index contributed by atoms with van der Waals surface area (Å²) in [6.07, 6.45) is 12.7. The molecule has 0 radical (unpaired) electrons. The van der Waals surface area contributed by atoms with Crippen LogP contribution in [0, 0.1) is 5.92 Å². The van der Waals surface area contributed by atoms with Crippen molar-refractivity contribution in [1.29, 1.82) is 0 Å². The molecule has 1 N–H and O–H groups in total. The smallest absolute Gasteiger partial charge is 0.0303 e. The Bertz CT molecular complexity index is 282. The second-order valence-electron chi connectivity index (χ2n) is 3.60. The molecule has 0 aromatic carbocycles. The summed E-state index contributed by atoms with van der Waals surface area (Å²) in [5, 5.41) is 3.21. The molecular formula is C15H25N. The van der Waals surface area contributed by atoms with Gasteiger partial charge in [-0.15, -0.1) is 0 Å². The average Bonchev–Trinajstić information content (AvgIpc) is 2.31. The summed E-state index contributed by atoms with van der Waals surface area (Å²) in [5.41, 5.74) is 2.37. The maximum atomic E-state index is 3.92. The van der Waals surface area contributed by atoms with Gasteiger partial charge in [0, 0.05) is 11.9 Å². The van der Waals surface area contributed by atoms with Crippen molar-refractivity contribution in [2.75, 3.05) is 0 Å². The van der Waals surface area contributed by atoms with Gasteiger partial charge >= 0.3 is 0 Å². The van der Waals surface area contributed by atoms with Crippen molar-refractivity contribution in [1.82, 2.24) is 5.32 Å². The highest BCUT2D eigenvalue weighted by molar-refractivity contribution is 5.21. The minimum Gasteiger partial charge on any atom is -0.362 e. The summed E-state index contributed by atoms with van der Waals surface area (Å²) in [6.45, 7) is 12.3. The number of rotatable bonds is 1. The Morgan fingerprint density at radius 1 is 1.38 bits per heavy atom. The number of allylic oxidation sites excluding steroid dienone is 5. The second kappa shape index (κ2) is 9.02. The van der Waals surface area contributed by atoms with Gasteiger partial charge in [-0.25, -0.2) is 0 Å². The van der Waals surface area contributed by atoms with Crippen LogP contribution in [0.25, 0.3) is 0 Å². The fourth-order valence-electron chi connectivity index (χ4n) is 1.48. The lowest BCUT2D eigenvalue weighted by atomic mass is 9.98. The van der Waals surface area contributed by atoms with Gasteiger partial charge in [0.15, 0.2) is 0 Å². The average molecular weight is 219 g/mol. The quantitative estimate of drug-likeness (QED) is 0.637. The molecule has 1 rings (SSSR count). The highest BCUT2D eigenvalue weighted by Gasteiger charge is 2.02. The first-order chi connectivity index (χ1) is 7.74. The maximum Gasteiger partial charge on any atom is 0.0303 e. The lowest BCUT2D eigenvalue weighted by Crippen LogP contribution is -2.06. The zero-order valence-electron chi connectivity index (χ0n) is 11.1. The van der Waals surface area contributed by atoms with E-state index in [4.69, 9.17) is 0 Å². The first kappa shape index (κ1) is 14.8. The van der Waals surface area contributed by atoms with E-state index in [9.17, 15) is 0 Å². The molecule has 0 fully saturated rings. The van der Waals surface area contributed by atoms with E-state index >= 15 is 0 Å². The Balaban J connectivity index is 0.00000106. The van der Waals surface area contributed by atoms with Crippen molar-refractivity contribution in [2.45, 2.75) is 40.5 Å². The standard InChI is InChI=1S/C13H19N.C2H6/c1-4-13-10-14-12(3)9-7-5-6-8-11(13)2;1-2/h6-11,14H,3-5H2,1-2H3;1-2H3/b8-6-,9-7-,13-10-;. The minimum atomic E-state index is 0.520. The van der Waals surface area contributed by atoms with E-state index in [1.165, 1.54) is 5.57 Å². The number of hydrogen-bond donors (Lipinski definition) is 1. The van der Waals surface area contributed by atoms with Crippen LogP contribution in [-0.2, 0) is 0 Å². The van der Waals surface area contributed by atoms with Crippen LogP contribution < -0.4 is 5.32 Å². The summed E-state index contributed by atoms with van der Waals surface area (Å²) in [7, 11) is 0. The van der Waals surface area contributed by atoms with Gasteiger partial charge in [-0.3, -0.25) is 0 Å². The van der Waals surface area contributed by atoms with Crippen molar-refractivity contribution in [3.8, 4) is 0 Å². The number of nitrogens with one attached hydrogen (secondary N) is 1. The third-order valence-electron chi connectivity index (χ3n) is 2.45. The Morgan fingerprint density at radius 2 is 2.06 bits per heavy atom. The highest BCUT2D eigenvalue weighted by Crippen LogP contribution is 2.16. The molecule has 0 aromatic rings. The molecule has 1 heterocycles. The Hall–Kier alpha value is -1.24. The minimum absolute atomic E-state index is 0.520. The third-order valence-corrected chi connectivity index (χ3v) is 2.45. The normalized spacial score (nSPS) is 27.6. The topological polar surface area (TPSA) is 12.0 Å². The summed E-state index contributed by atoms with van der Waals surface area (Å²) in [5.74, 6) is 0.520. The van der Waals surface area contributed by atoms with Gasteiger partial charge in [-0.2, -0.15) is 0 Å². The van der Waals surface area contributed by atoms with E-state index in [-0.39, 0.29) is 0 Å². The SMILES string of the molecule is C=C1/C=C\C/C=C\C(C)/C(CC)=C\N1.CC. The Kier molecular flexibility index (Phi) is 8.32. The molecule has 0 spiro atoms. The number of hydrogen-bond acceptors (Lipinski definition) is 1. The van der Waals surface area contributed by atoms with Crippen LogP contribution in [0.4, 0.5) is 0 Å².